The van der Waals surface area contributed by atoms with E-state index in [1.807, 2.05) is 31.2 Å². The van der Waals surface area contributed by atoms with Crippen LogP contribution in [0.2, 0.25) is 0 Å². The molecular weight excluding hydrogens is 430 g/mol. The molecule has 0 aliphatic carbocycles. The molecule has 3 heterocycles. The number of amides is 1. The van der Waals surface area contributed by atoms with E-state index < -0.39 is 16.1 Å². The van der Waals surface area contributed by atoms with E-state index in [9.17, 15) is 13.2 Å². The van der Waals surface area contributed by atoms with Gasteiger partial charge in [-0.25, -0.2) is 8.42 Å². The zero-order chi connectivity index (χ0) is 22.0. The number of thiophene rings is 1. The Hall–Kier alpha value is -1.74. The van der Waals surface area contributed by atoms with E-state index in [1.165, 1.54) is 34.0 Å². The Kier molecular flexibility index (Phi) is 6.81. The molecule has 1 aromatic heterocycles. The van der Waals surface area contributed by atoms with Gasteiger partial charge in [-0.2, -0.15) is 4.31 Å². The summed E-state index contributed by atoms with van der Waals surface area (Å²) in [4.78, 5) is 16.3. The molecule has 1 amide bonds. The molecule has 2 aliphatic rings. The maximum absolute atomic E-state index is 13.0. The third-order valence-corrected chi connectivity index (χ3v) is 9.53. The van der Waals surface area contributed by atoms with Crippen LogP contribution >= 0.6 is 11.3 Å². The normalized spacial score (nSPS) is 23.2. The molecule has 31 heavy (non-hydrogen) atoms. The summed E-state index contributed by atoms with van der Waals surface area (Å²) in [6.45, 7) is 7.76. The molecule has 0 saturated carbocycles. The van der Waals surface area contributed by atoms with Gasteiger partial charge in [0.15, 0.2) is 0 Å². The smallest absolute Gasteiger partial charge is 0.253 e. The number of hydrogen-bond donors (Lipinski definition) is 1. The van der Waals surface area contributed by atoms with Crippen LogP contribution < -0.4 is 5.32 Å². The van der Waals surface area contributed by atoms with Gasteiger partial charge < -0.3 is 5.32 Å². The molecule has 1 aromatic carbocycles. The first-order valence-corrected chi connectivity index (χ1v) is 13.3. The number of aryl methyl sites for hydroxylation is 1. The van der Waals surface area contributed by atoms with Crippen LogP contribution in [0.1, 0.15) is 43.0 Å². The Balaban J connectivity index is 1.39. The summed E-state index contributed by atoms with van der Waals surface area (Å²) >= 11 is 1.25. The summed E-state index contributed by atoms with van der Waals surface area (Å²) in [5.41, 5.74) is 1.93. The molecule has 0 spiro atoms. The second-order valence-corrected chi connectivity index (χ2v) is 12.2. The lowest BCUT2D eigenvalue weighted by Crippen LogP contribution is -2.42. The number of piperidine rings is 1. The van der Waals surface area contributed by atoms with Gasteiger partial charge in [0.1, 0.15) is 10.3 Å². The summed E-state index contributed by atoms with van der Waals surface area (Å²) < 4.78 is 27.7. The van der Waals surface area contributed by atoms with Crippen LogP contribution in [0.25, 0.3) is 0 Å². The van der Waals surface area contributed by atoms with Crippen LogP contribution in [0.5, 0.6) is 0 Å². The van der Waals surface area contributed by atoms with Gasteiger partial charge in [0.25, 0.3) is 10.0 Å². The van der Waals surface area contributed by atoms with Gasteiger partial charge in [-0.05, 0) is 74.9 Å². The fourth-order valence-corrected chi connectivity index (χ4v) is 7.63. The molecular formula is C23H31N3O3S2. The van der Waals surface area contributed by atoms with E-state index >= 15 is 0 Å². The summed E-state index contributed by atoms with van der Waals surface area (Å²) in [5, 5.41) is 2.93. The average molecular weight is 462 g/mol. The number of rotatable bonds is 6. The number of carbonyl (C=O) groups is 1. The van der Waals surface area contributed by atoms with Crippen molar-refractivity contribution >= 4 is 33.0 Å². The van der Waals surface area contributed by atoms with Crippen LogP contribution in [-0.4, -0.2) is 49.2 Å². The van der Waals surface area contributed by atoms with Crippen molar-refractivity contribution in [2.24, 2.45) is 5.92 Å². The summed E-state index contributed by atoms with van der Waals surface area (Å²) in [7, 11) is -3.65. The Bertz CT molecular complexity index is 1020. The van der Waals surface area contributed by atoms with Crippen LogP contribution in [0.4, 0.5) is 5.69 Å². The Morgan fingerprint density at radius 2 is 1.84 bits per heavy atom. The van der Waals surface area contributed by atoms with E-state index in [1.54, 1.807) is 12.1 Å². The first kappa shape index (κ1) is 22.5. The molecule has 2 aliphatic heterocycles. The molecule has 8 heteroatoms. The quantitative estimate of drug-likeness (QED) is 0.704. The van der Waals surface area contributed by atoms with Crippen LogP contribution in [-0.2, 0) is 21.4 Å². The highest BCUT2D eigenvalue weighted by Crippen LogP contribution is 2.30. The molecule has 0 bridgehead atoms. The minimum Gasteiger partial charge on any atom is -0.325 e. The van der Waals surface area contributed by atoms with Gasteiger partial charge in [-0.1, -0.05) is 19.1 Å². The molecule has 2 fully saturated rings. The maximum atomic E-state index is 13.0. The van der Waals surface area contributed by atoms with Crippen LogP contribution in [0.15, 0.2) is 40.6 Å². The Labute approximate surface area is 189 Å². The molecule has 2 unspecified atom stereocenters. The van der Waals surface area contributed by atoms with E-state index in [0.29, 0.717) is 29.3 Å². The summed E-state index contributed by atoms with van der Waals surface area (Å²) in [6, 6.07) is 10.7. The van der Waals surface area contributed by atoms with Gasteiger partial charge in [-0.3, -0.25) is 9.69 Å². The predicted octanol–water partition coefficient (Wildman–Crippen LogP) is 4.08. The molecule has 0 radical (unpaired) electrons. The topological polar surface area (TPSA) is 69.7 Å². The highest BCUT2D eigenvalue weighted by Gasteiger charge is 2.40. The van der Waals surface area contributed by atoms with Crippen molar-refractivity contribution in [2.45, 2.75) is 56.3 Å². The van der Waals surface area contributed by atoms with Crippen molar-refractivity contribution in [3.63, 3.8) is 0 Å². The lowest BCUT2D eigenvalue weighted by atomic mass is 10.00. The van der Waals surface area contributed by atoms with Gasteiger partial charge in [0.05, 0.1) is 0 Å². The standard InChI is InChI=1S/C23H31N3O3S2/c1-17-5-3-13-25(15-17)16-19-8-10-20(11-9-19)24-23(27)21-6-4-14-26(21)31(28,29)22-12-7-18(2)30-22/h7-12,17,21H,3-6,13-16H2,1-2H3,(H,24,27). The summed E-state index contributed by atoms with van der Waals surface area (Å²) in [5.74, 6) is 0.489. The van der Waals surface area contributed by atoms with E-state index in [0.717, 1.165) is 30.4 Å². The number of sulfonamides is 1. The van der Waals surface area contributed by atoms with Gasteiger partial charge in [-0.15, -0.1) is 11.3 Å². The molecule has 4 rings (SSSR count). The number of nitrogens with one attached hydrogen (secondary N) is 1. The van der Waals surface area contributed by atoms with Crippen LogP contribution in [0, 0.1) is 12.8 Å². The Morgan fingerprint density at radius 1 is 1.10 bits per heavy atom. The molecule has 2 aromatic rings. The van der Waals surface area contributed by atoms with Gasteiger partial charge in [0, 0.05) is 30.2 Å². The number of nitrogens with zero attached hydrogens (tertiary/aromatic N) is 2. The average Bonchev–Trinajstić information content (AvgIpc) is 3.39. The Morgan fingerprint density at radius 3 is 2.52 bits per heavy atom. The third-order valence-electron chi connectivity index (χ3n) is 6.15. The molecule has 2 saturated heterocycles. The largest absolute Gasteiger partial charge is 0.325 e. The lowest BCUT2D eigenvalue weighted by molar-refractivity contribution is -0.119. The number of carbonyl (C=O) groups excluding carboxylic acids is 1. The van der Waals surface area contributed by atoms with Crippen molar-refractivity contribution < 1.29 is 13.2 Å². The van der Waals surface area contributed by atoms with E-state index in [-0.39, 0.29) is 5.91 Å². The number of likely N-dealkylation sites (tertiary alicyclic amines) is 1. The molecule has 168 valence electrons. The zero-order valence-electron chi connectivity index (χ0n) is 18.2. The maximum Gasteiger partial charge on any atom is 0.253 e. The fourth-order valence-electron chi connectivity index (χ4n) is 4.56. The second-order valence-electron chi connectivity index (χ2n) is 8.81. The zero-order valence-corrected chi connectivity index (χ0v) is 19.8. The van der Waals surface area contributed by atoms with Gasteiger partial charge in [0.2, 0.25) is 5.91 Å². The molecule has 2 atom stereocenters. The monoisotopic (exact) mass is 461 g/mol. The minimum absolute atomic E-state index is 0.257. The van der Waals surface area contributed by atoms with Crippen molar-refractivity contribution in [3.8, 4) is 0 Å². The first-order valence-electron chi connectivity index (χ1n) is 11.0. The molecule has 6 nitrogen and oxygen atoms in total. The number of hydrogen-bond acceptors (Lipinski definition) is 5. The first-order chi connectivity index (χ1) is 14.8. The highest BCUT2D eigenvalue weighted by atomic mass is 32.2. The fraction of sp³-hybridized carbons (Fsp3) is 0.522. The van der Waals surface area contributed by atoms with Crippen molar-refractivity contribution in [3.05, 3.63) is 46.8 Å². The summed E-state index contributed by atoms with van der Waals surface area (Å²) in [6.07, 6.45) is 3.79. The van der Waals surface area contributed by atoms with Gasteiger partial charge >= 0.3 is 0 Å². The van der Waals surface area contributed by atoms with Crippen LogP contribution in [0.3, 0.4) is 0 Å². The van der Waals surface area contributed by atoms with Crippen molar-refractivity contribution in [1.29, 1.82) is 0 Å². The third kappa shape index (κ3) is 5.19. The van der Waals surface area contributed by atoms with Crippen molar-refractivity contribution in [1.82, 2.24) is 9.21 Å². The lowest BCUT2D eigenvalue weighted by Gasteiger charge is -2.30. The number of benzene rings is 1. The SMILES string of the molecule is Cc1ccc(S(=O)(=O)N2CCCC2C(=O)Nc2ccc(CN3CCCC(C)C3)cc2)s1. The second kappa shape index (κ2) is 9.40. The predicted molar refractivity (Wildman–Crippen MR) is 125 cm³/mol. The van der Waals surface area contributed by atoms with Crippen molar-refractivity contribution in [2.75, 3.05) is 25.0 Å². The highest BCUT2D eigenvalue weighted by molar-refractivity contribution is 7.91. The number of anilines is 1. The van der Waals surface area contributed by atoms with E-state index in [4.69, 9.17) is 0 Å². The minimum atomic E-state index is -3.65. The van der Waals surface area contributed by atoms with E-state index in [2.05, 4.69) is 17.1 Å². The molecule has 1 N–H and O–H groups in total.